The molecule has 7 heteroatoms. The van der Waals surface area contributed by atoms with Crippen LogP contribution in [0.3, 0.4) is 0 Å². The lowest BCUT2D eigenvalue weighted by molar-refractivity contribution is -0.701. The van der Waals surface area contributed by atoms with Crippen molar-refractivity contribution in [2.75, 3.05) is 11.5 Å². The molecule has 0 bridgehead atoms. The first-order valence-electron chi connectivity index (χ1n) is 4.94. The van der Waals surface area contributed by atoms with E-state index in [0.29, 0.717) is 12.2 Å². The summed E-state index contributed by atoms with van der Waals surface area (Å²) in [4.78, 5) is 14.8. The van der Waals surface area contributed by atoms with E-state index in [2.05, 4.69) is 24.5 Å². The van der Waals surface area contributed by atoms with E-state index in [9.17, 15) is 0 Å². The highest BCUT2D eigenvalue weighted by atomic mass is 15.1. The second kappa shape index (κ2) is 4.13. The standard InChI is InChI=1S/C9H13N7/c1-6-12-3-5-16(6)4-2-7-13-8(10)15-9(11)14-7/h3,5H,2,4H2,1H3,(H4,10,11,13,14,15)/p+1. The zero-order valence-corrected chi connectivity index (χ0v) is 9.01. The number of imidazole rings is 1. The maximum absolute atomic E-state index is 5.48. The van der Waals surface area contributed by atoms with Crippen molar-refractivity contribution in [1.29, 1.82) is 0 Å². The molecular weight excluding hydrogens is 206 g/mol. The average molecular weight is 220 g/mol. The molecule has 0 saturated carbocycles. The first-order valence-corrected chi connectivity index (χ1v) is 4.94. The lowest BCUT2D eigenvalue weighted by Crippen LogP contribution is -2.35. The Morgan fingerprint density at radius 3 is 2.50 bits per heavy atom. The Bertz CT molecular complexity index is 470. The van der Waals surface area contributed by atoms with Crippen molar-refractivity contribution in [3.8, 4) is 0 Å². The van der Waals surface area contributed by atoms with Crippen molar-refractivity contribution in [3.05, 3.63) is 24.0 Å². The maximum Gasteiger partial charge on any atom is 0.251 e. The van der Waals surface area contributed by atoms with E-state index in [1.807, 2.05) is 19.3 Å². The van der Waals surface area contributed by atoms with E-state index in [1.54, 1.807) is 0 Å². The first kappa shape index (κ1) is 10.3. The van der Waals surface area contributed by atoms with Gasteiger partial charge in [0.1, 0.15) is 18.2 Å². The summed E-state index contributed by atoms with van der Waals surface area (Å²) in [5.41, 5.74) is 11.0. The van der Waals surface area contributed by atoms with Gasteiger partial charge in [-0.3, -0.25) is 0 Å². The van der Waals surface area contributed by atoms with Gasteiger partial charge in [0.05, 0.1) is 6.54 Å². The van der Waals surface area contributed by atoms with Crippen LogP contribution < -0.4 is 16.0 Å². The summed E-state index contributed by atoms with van der Waals surface area (Å²) < 4.78 is 2.07. The fraction of sp³-hybridized carbons (Fsp3) is 0.333. The maximum atomic E-state index is 5.48. The number of rotatable bonds is 3. The van der Waals surface area contributed by atoms with Crippen molar-refractivity contribution in [3.63, 3.8) is 0 Å². The van der Waals surface area contributed by atoms with Gasteiger partial charge in [0.2, 0.25) is 11.9 Å². The van der Waals surface area contributed by atoms with Crippen LogP contribution in [0, 0.1) is 6.92 Å². The number of H-pyrrole nitrogens is 1. The van der Waals surface area contributed by atoms with Gasteiger partial charge in [0.15, 0.2) is 0 Å². The molecule has 0 radical (unpaired) electrons. The second-order valence-electron chi connectivity index (χ2n) is 3.46. The van der Waals surface area contributed by atoms with E-state index in [1.165, 1.54) is 0 Å². The Hall–Kier alpha value is -2.18. The highest BCUT2D eigenvalue weighted by molar-refractivity contribution is 5.25. The normalized spacial score (nSPS) is 10.6. The van der Waals surface area contributed by atoms with E-state index < -0.39 is 0 Å². The summed E-state index contributed by atoms with van der Waals surface area (Å²) >= 11 is 0. The minimum atomic E-state index is 0.165. The molecule has 0 unspecified atom stereocenters. The lowest BCUT2D eigenvalue weighted by Gasteiger charge is -2.00. The van der Waals surface area contributed by atoms with Crippen LogP contribution in [0.2, 0.25) is 0 Å². The molecule has 2 heterocycles. The van der Waals surface area contributed by atoms with E-state index in [4.69, 9.17) is 11.5 Å². The smallest absolute Gasteiger partial charge is 0.251 e. The van der Waals surface area contributed by atoms with Crippen molar-refractivity contribution in [2.45, 2.75) is 19.9 Å². The van der Waals surface area contributed by atoms with Gasteiger partial charge in [-0.15, -0.1) is 0 Å². The van der Waals surface area contributed by atoms with Gasteiger partial charge in [0, 0.05) is 13.3 Å². The molecule has 7 nitrogen and oxygen atoms in total. The van der Waals surface area contributed by atoms with E-state index >= 15 is 0 Å². The Kier molecular flexibility index (Phi) is 2.67. The third-order valence-corrected chi connectivity index (χ3v) is 2.27. The minimum absolute atomic E-state index is 0.165. The van der Waals surface area contributed by atoms with E-state index in [-0.39, 0.29) is 11.9 Å². The fourth-order valence-corrected chi connectivity index (χ4v) is 1.47. The Morgan fingerprint density at radius 2 is 1.94 bits per heavy atom. The first-order chi connectivity index (χ1) is 7.65. The number of nitrogens with zero attached hydrogens (tertiary/aromatic N) is 4. The van der Waals surface area contributed by atoms with Crippen LogP contribution in [0.15, 0.2) is 12.4 Å². The van der Waals surface area contributed by atoms with Crippen molar-refractivity contribution >= 4 is 11.9 Å². The topological polar surface area (TPSA) is 110 Å². The molecule has 0 fully saturated rings. The molecule has 0 atom stereocenters. The number of aryl methyl sites for hydroxylation is 3. The third-order valence-electron chi connectivity index (χ3n) is 2.27. The van der Waals surface area contributed by atoms with Gasteiger partial charge in [0.25, 0.3) is 5.82 Å². The zero-order chi connectivity index (χ0) is 11.5. The average Bonchev–Trinajstić information content (AvgIpc) is 2.59. The number of anilines is 2. The lowest BCUT2D eigenvalue weighted by atomic mass is 10.4. The van der Waals surface area contributed by atoms with Crippen LogP contribution >= 0.6 is 0 Å². The molecule has 5 N–H and O–H groups in total. The number of hydrogen-bond donors (Lipinski definition) is 3. The molecular formula is C9H14N7+. The van der Waals surface area contributed by atoms with Gasteiger partial charge in [-0.25, -0.2) is 9.55 Å². The van der Waals surface area contributed by atoms with Gasteiger partial charge in [-0.05, 0) is 0 Å². The number of hydrogen-bond acceptors (Lipinski definition) is 5. The second-order valence-corrected chi connectivity index (χ2v) is 3.46. The largest absolute Gasteiger partial charge is 0.368 e. The van der Waals surface area contributed by atoms with Gasteiger partial charge >= 0.3 is 0 Å². The molecule has 0 aliphatic heterocycles. The highest BCUT2D eigenvalue weighted by Crippen LogP contribution is 1.99. The number of nitrogens with two attached hydrogens (primary N) is 2. The molecule has 0 spiro atoms. The monoisotopic (exact) mass is 220 g/mol. The Balaban J connectivity index is 2.07. The van der Waals surface area contributed by atoms with Crippen molar-refractivity contribution in [2.24, 2.45) is 0 Å². The van der Waals surface area contributed by atoms with Crippen LogP contribution in [0.5, 0.6) is 0 Å². The van der Waals surface area contributed by atoms with E-state index in [0.717, 1.165) is 12.4 Å². The number of aromatic amines is 1. The molecule has 2 aromatic rings. The predicted molar refractivity (Wildman–Crippen MR) is 58.1 cm³/mol. The van der Waals surface area contributed by atoms with Crippen LogP contribution in [0.25, 0.3) is 0 Å². The number of nitrogens with one attached hydrogen (secondary N) is 1. The van der Waals surface area contributed by atoms with Crippen LogP contribution in [-0.4, -0.2) is 19.9 Å². The molecule has 16 heavy (non-hydrogen) atoms. The molecule has 0 aromatic carbocycles. The van der Waals surface area contributed by atoms with Gasteiger partial charge in [-0.2, -0.15) is 15.0 Å². The molecule has 2 rings (SSSR count). The van der Waals surface area contributed by atoms with Crippen LogP contribution in [0.1, 0.15) is 11.6 Å². The van der Waals surface area contributed by atoms with Crippen LogP contribution in [0.4, 0.5) is 11.9 Å². The zero-order valence-electron chi connectivity index (χ0n) is 9.01. The summed E-state index contributed by atoms with van der Waals surface area (Å²) in [5, 5.41) is 0. The van der Waals surface area contributed by atoms with Gasteiger partial charge in [-0.1, -0.05) is 0 Å². The molecule has 2 aromatic heterocycles. The molecule has 0 aliphatic carbocycles. The summed E-state index contributed by atoms with van der Waals surface area (Å²) in [6.45, 7) is 2.77. The third kappa shape index (κ3) is 2.25. The summed E-state index contributed by atoms with van der Waals surface area (Å²) in [5.74, 6) is 2.02. The quantitative estimate of drug-likeness (QED) is 0.587. The molecule has 84 valence electrons. The minimum Gasteiger partial charge on any atom is -0.368 e. The van der Waals surface area contributed by atoms with Crippen molar-refractivity contribution < 1.29 is 4.57 Å². The van der Waals surface area contributed by atoms with Crippen molar-refractivity contribution in [1.82, 2.24) is 19.9 Å². The predicted octanol–water partition coefficient (Wildman–Crippen LogP) is -0.797. The summed E-state index contributed by atoms with van der Waals surface area (Å²) in [6, 6.07) is 0. The molecule has 0 saturated heterocycles. The summed E-state index contributed by atoms with van der Waals surface area (Å²) in [6.07, 6.45) is 4.51. The van der Waals surface area contributed by atoms with Gasteiger partial charge < -0.3 is 11.5 Å². The summed E-state index contributed by atoms with van der Waals surface area (Å²) in [7, 11) is 0. The fourth-order valence-electron chi connectivity index (χ4n) is 1.47. The Labute approximate surface area is 92.6 Å². The molecule has 0 aliphatic rings. The highest BCUT2D eigenvalue weighted by Gasteiger charge is 2.07. The Morgan fingerprint density at radius 1 is 1.25 bits per heavy atom. The number of nitrogen functional groups attached to an aromatic ring is 2. The van der Waals surface area contributed by atoms with Crippen LogP contribution in [-0.2, 0) is 13.0 Å². The molecule has 0 amide bonds. The number of aromatic nitrogens is 5. The SMILES string of the molecule is Cc1[nH]cc[n+]1CCc1nc(N)nc(N)n1.